The van der Waals surface area contributed by atoms with E-state index in [1.807, 2.05) is 0 Å². The molecule has 0 spiro atoms. The molecule has 1 aromatic carbocycles. The molecule has 2 rings (SSSR count). The Morgan fingerprint density at radius 1 is 1.45 bits per heavy atom. The number of hydrogen-bond acceptors (Lipinski definition) is 5. The molecule has 0 radical (unpaired) electrons. The van der Waals surface area contributed by atoms with Gasteiger partial charge in [-0.25, -0.2) is 0 Å². The Hall–Kier alpha value is -1.66. The maximum atomic E-state index is 11.0. The number of rotatable bonds is 4. The number of benzene rings is 1. The Morgan fingerprint density at radius 3 is 2.75 bits per heavy atom. The molecule has 0 amide bonds. The fourth-order valence-corrected chi connectivity index (χ4v) is 2.39. The predicted octanol–water partition coefficient (Wildman–Crippen LogP) is 3.54. The molecule has 7 heteroatoms. The van der Waals surface area contributed by atoms with Gasteiger partial charge in [-0.1, -0.05) is 16.8 Å². The lowest BCUT2D eigenvalue weighted by molar-refractivity contribution is -0.386. The van der Waals surface area contributed by atoms with Gasteiger partial charge in [-0.05, 0) is 37.8 Å². The van der Waals surface area contributed by atoms with Gasteiger partial charge >= 0.3 is 0 Å². The summed E-state index contributed by atoms with van der Waals surface area (Å²) in [6, 6.07) is 4.56. The van der Waals surface area contributed by atoms with E-state index in [4.69, 9.17) is 21.5 Å². The summed E-state index contributed by atoms with van der Waals surface area (Å²) in [5.74, 6) is 0. The third kappa shape index (κ3) is 3.68. The minimum atomic E-state index is -0.456. The average Bonchev–Trinajstić information content (AvgIpc) is 2.46. The summed E-state index contributed by atoms with van der Waals surface area (Å²) >= 11 is 5.76. The molecule has 1 fully saturated rings. The van der Waals surface area contributed by atoms with Gasteiger partial charge in [0.2, 0.25) is 0 Å². The minimum Gasteiger partial charge on any atom is -0.411 e. The number of halogens is 1. The molecular weight excluding hydrogens is 284 g/mol. The van der Waals surface area contributed by atoms with Crippen LogP contribution in [0.25, 0.3) is 0 Å². The maximum Gasteiger partial charge on any atom is 0.276 e. The van der Waals surface area contributed by atoms with E-state index in [2.05, 4.69) is 5.16 Å². The highest BCUT2D eigenvalue weighted by molar-refractivity contribution is 6.30. The molecule has 1 aliphatic carbocycles. The Balaban J connectivity index is 1.96. The smallest absolute Gasteiger partial charge is 0.276 e. The Bertz CT molecular complexity index is 523. The molecule has 6 nitrogen and oxygen atoms in total. The second-order valence-electron chi connectivity index (χ2n) is 4.71. The fraction of sp³-hybridized carbons (Fsp3) is 0.462. The number of hydrogen-bond donors (Lipinski definition) is 1. The first-order valence-electron chi connectivity index (χ1n) is 6.34. The second-order valence-corrected chi connectivity index (χ2v) is 5.14. The summed E-state index contributed by atoms with van der Waals surface area (Å²) in [7, 11) is 0. The van der Waals surface area contributed by atoms with Crippen molar-refractivity contribution in [2.24, 2.45) is 5.16 Å². The number of nitro benzene ring substituents is 1. The van der Waals surface area contributed by atoms with Crippen LogP contribution in [0.3, 0.4) is 0 Å². The van der Waals surface area contributed by atoms with Crippen molar-refractivity contribution in [2.75, 3.05) is 0 Å². The summed E-state index contributed by atoms with van der Waals surface area (Å²) in [6.45, 7) is 0.184. The molecule has 0 unspecified atom stereocenters. The second kappa shape index (κ2) is 6.67. The zero-order valence-corrected chi connectivity index (χ0v) is 11.5. The summed E-state index contributed by atoms with van der Waals surface area (Å²) in [4.78, 5) is 10.5. The van der Waals surface area contributed by atoms with Gasteiger partial charge in [-0.3, -0.25) is 10.1 Å². The molecule has 0 atom stereocenters. The van der Waals surface area contributed by atoms with E-state index < -0.39 is 4.92 Å². The van der Waals surface area contributed by atoms with Gasteiger partial charge in [0.1, 0.15) is 0 Å². The van der Waals surface area contributed by atoms with Crippen molar-refractivity contribution in [1.82, 2.24) is 0 Å². The number of nitrogens with zero attached hydrogens (tertiary/aromatic N) is 2. The van der Waals surface area contributed by atoms with Crippen molar-refractivity contribution < 1.29 is 14.9 Å². The lowest BCUT2D eigenvalue weighted by Gasteiger charge is -2.22. The van der Waals surface area contributed by atoms with Crippen LogP contribution in [-0.4, -0.2) is 21.9 Å². The van der Waals surface area contributed by atoms with Crippen molar-refractivity contribution in [1.29, 1.82) is 0 Å². The van der Waals surface area contributed by atoms with Crippen LogP contribution < -0.4 is 0 Å². The molecule has 1 aliphatic rings. The van der Waals surface area contributed by atoms with Crippen molar-refractivity contribution in [3.63, 3.8) is 0 Å². The lowest BCUT2D eigenvalue weighted by atomic mass is 9.96. The molecule has 0 aliphatic heterocycles. The van der Waals surface area contributed by atoms with E-state index in [-0.39, 0.29) is 18.4 Å². The summed E-state index contributed by atoms with van der Waals surface area (Å²) in [6.07, 6.45) is 2.96. The van der Waals surface area contributed by atoms with Gasteiger partial charge < -0.3 is 9.94 Å². The van der Waals surface area contributed by atoms with Gasteiger partial charge in [0.05, 0.1) is 28.9 Å². The third-order valence-corrected chi connectivity index (χ3v) is 3.60. The van der Waals surface area contributed by atoms with Gasteiger partial charge in [0.15, 0.2) is 0 Å². The standard InChI is InChI=1S/C13H15ClN2O4/c14-10-2-1-9(13(7-10)16(18)19)8-20-12-5-3-11(15-17)4-6-12/h1-2,7,12,17H,3-6,8H2. The topological polar surface area (TPSA) is 85.0 Å². The molecule has 108 valence electrons. The van der Waals surface area contributed by atoms with Crippen LogP contribution in [0.2, 0.25) is 5.02 Å². The van der Waals surface area contributed by atoms with Gasteiger partial charge in [-0.15, -0.1) is 0 Å². The highest BCUT2D eigenvalue weighted by atomic mass is 35.5. The van der Waals surface area contributed by atoms with Crippen molar-refractivity contribution in [2.45, 2.75) is 38.4 Å². The fourth-order valence-electron chi connectivity index (χ4n) is 2.23. The normalized spacial score (nSPS) is 18.9. The Kier molecular flexibility index (Phi) is 4.92. The zero-order valence-electron chi connectivity index (χ0n) is 10.8. The third-order valence-electron chi connectivity index (χ3n) is 3.37. The van der Waals surface area contributed by atoms with E-state index in [1.54, 1.807) is 12.1 Å². The molecule has 1 aromatic rings. The van der Waals surface area contributed by atoms with Crippen LogP contribution in [0.5, 0.6) is 0 Å². The molecule has 1 saturated carbocycles. The van der Waals surface area contributed by atoms with Crippen LogP contribution in [0.1, 0.15) is 31.2 Å². The van der Waals surface area contributed by atoms with Crippen molar-refractivity contribution >= 4 is 23.0 Å². The monoisotopic (exact) mass is 298 g/mol. The van der Waals surface area contributed by atoms with E-state index in [0.29, 0.717) is 23.4 Å². The molecular formula is C13H15ClN2O4. The Labute approximate surface area is 121 Å². The van der Waals surface area contributed by atoms with Crippen LogP contribution in [0.4, 0.5) is 5.69 Å². The van der Waals surface area contributed by atoms with E-state index in [9.17, 15) is 10.1 Å². The van der Waals surface area contributed by atoms with Crippen molar-refractivity contribution in [3.05, 3.63) is 38.9 Å². The highest BCUT2D eigenvalue weighted by Crippen LogP contribution is 2.26. The molecule has 0 bridgehead atoms. The minimum absolute atomic E-state index is 0.0223. The van der Waals surface area contributed by atoms with E-state index in [0.717, 1.165) is 18.6 Å². The lowest BCUT2D eigenvalue weighted by Crippen LogP contribution is -2.21. The summed E-state index contributed by atoms with van der Waals surface area (Å²) in [5.41, 5.74) is 1.27. The van der Waals surface area contributed by atoms with Crippen LogP contribution in [0.15, 0.2) is 23.4 Å². The first-order chi connectivity index (χ1) is 9.60. The SMILES string of the molecule is O=[N+]([O-])c1cc(Cl)ccc1COC1CCC(=NO)CC1. The summed E-state index contributed by atoms with van der Waals surface area (Å²) < 4.78 is 5.71. The predicted molar refractivity (Wildman–Crippen MR) is 74.4 cm³/mol. The first kappa shape index (κ1) is 14.7. The van der Waals surface area contributed by atoms with Crippen LogP contribution >= 0.6 is 11.6 Å². The molecule has 1 N–H and O–H groups in total. The molecule has 0 aromatic heterocycles. The highest BCUT2D eigenvalue weighted by Gasteiger charge is 2.20. The van der Waals surface area contributed by atoms with Crippen molar-refractivity contribution in [3.8, 4) is 0 Å². The zero-order chi connectivity index (χ0) is 14.5. The number of nitro groups is 1. The molecule has 0 saturated heterocycles. The van der Waals surface area contributed by atoms with Gasteiger partial charge in [0, 0.05) is 11.1 Å². The largest absolute Gasteiger partial charge is 0.411 e. The number of oxime groups is 1. The van der Waals surface area contributed by atoms with Gasteiger partial charge in [-0.2, -0.15) is 0 Å². The first-order valence-corrected chi connectivity index (χ1v) is 6.72. The maximum absolute atomic E-state index is 11.0. The number of ether oxygens (including phenoxy) is 1. The summed E-state index contributed by atoms with van der Waals surface area (Å²) in [5, 5.41) is 23.2. The Morgan fingerprint density at radius 2 is 2.15 bits per heavy atom. The van der Waals surface area contributed by atoms with E-state index >= 15 is 0 Å². The molecule has 0 heterocycles. The average molecular weight is 299 g/mol. The quantitative estimate of drug-likeness (QED) is 0.523. The van der Waals surface area contributed by atoms with E-state index in [1.165, 1.54) is 6.07 Å². The van der Waals surface area contributed by atoms with Gasteiger partial charge in [0.25, 0.3) is 5.69 Å². The van der Waals surface area contributed by atoms with Crippen LogP contribution in [0, 0.1) is 10.1 Å². The van der Waals surface area contributed by atoms with Crippen LogP contribution in [-0.2, 0) is 11.3 Å². The molecule has 20 heavy (non-hydrogen) atoms.